The maximum absolute atomic E-state index is 10.4. The molecule has 1 fully saturated rings. The Kier molecular flexibility index (Phi) is 10.9. The molecule has 0 aliphatic carbocycles. The smallest absolute Gasteiger partial charge is 0.200 e. The van der Waals surface area contributed by atoms with E-state index >= 15 is 0 Å². The summed E-state index contributed by atoms with van der Waals surface area (Å²) >= 11 is 0. The third-order valence-electron chi connectivity index (χ3n) is 6.90. The van der Waals surface area contributed by atoms with E-state index in [9.17, 15) is 30.6 Å². The number of hydrogen-bond acceptors (Lipinski definition) is 12. The molecule has 0 bridgehead atoms. The first-order valence-corrected chi connectivity index (χ1v) is 12.4. The van der Waals surface area contributed by atoms with Crippen molar-refractivity contribution in [2.45, 2.75) is 37.4 Å². The second kappa shape index (κ2) is 13.9. The lowest BCUT2D eigenvalue weighted by molar-refractivity contribution is -0.273. The first kappa shape index (κ1) is 30.5. The number of hydrogen-bond donors (Lipinski definition) is 6. The quantitative estimate of drug-likeness (QED) is 0.204. The van der Waals surface area contributed by atoms with Crippen molar-refractivity contribution in [3.63, 3.8) is 0 Å². The number of aliphatic hydroxyl groups excluding tert-OH is 4. The van der Waals surface area contributed by atoms with E-state index in [1.165, 1.54) is 28.4 Å². The van der Waals surface area contributed by atoms with Gasteiger partial charge in [-0.25, -0.2) is 0 Å². The van der Waals surface area contributed by atoms with Gasteiger partial charge in [0, 0.05) is 6.61 Å². The molecule has 12 nitrogen and oxygen atoms in total. The molecule has 3 rings (SSSR count). The van der Waals surface area contributed by atoms with Crippen LogP contribution in [0.3, 0.4) is 0 Å². The summed E-state index contributed by atoms with van der Waals surface area (Å²) in [7, 11) is 5.68. The van der Waals surface area contributed by atoms with Crippen molar-refractivity contribution >= 4 is 0 Å². The summed E-state index contributed by atoms with van der Waals surface area (Å²) in [6, 6.07) is 6.60. The highest BCUT2D eigenvalue weighted by atomic mass is 16.7. The van der Waals surface area contributed by atoms with Crippen LogP contribution in [0.25, 0.3) is 0 Å². The average molecular weight is 555 g/mol. The Labute approximate surface area is 226 Å². The lowest BCUT2D eigenvalue weighted by atomic mass is 9.83. The fourth-order valence-electron chi connectivity index (χ4n) is 4.62. The summed E-state index contributed by atoms with van der Waals surface area (Å²) in [5.74, 6) is -0.241. The number of phenolic OH excluding ortho intramolecular Hbond substituents is 2. The minimum Gasteiger partial charge on any atom is -0.502 e. The topological polar surface area (TPSA) is 177 Å². The predicted molar refractivity (Wildman–Crippen MR) is 138 cm³/mol. The van der Waals surface area contributed by atoms with Gasteiger partial charge in [-0.3, -0.25) is 0 Å². The molecule has 0 radical (unpaired) electrons. The van der Waals surface area contributed by atoms with Crippen LogP contribution in [0.2, 0.25) is 0 Å². The zero-order valence-corrected chi connectivity index (χ0v) is 22.4. The number of phenols is 2. The van der Waals surface area contributed by atoms with Gasteiger partial charge in [0.1, 0.15) is 18.3 Å². The van der Waals surface area contributed by atoms with Gasteiger partial charge < -0.3 is 59.1 Å². The molecule has 0 amide bonds. The minimum absolute atomic E-state index is 0.00632. The highest BCUT2D eigenvalue weighted by Crippen LogP contribution is 2.40. The zero-order valence-electron chi connectivity index (χ0n) is 22.4. The van der Waals surface area contributed by atoms with E-state index in [1.54, 1.807) is 24.3 Å². The zero-order chi connectivity index (χ0) is 28.7. The van der Waals surface area contributed by atoms with E-state index in [4.69, 9.17) is 28.4 Å². The van der Waals surface area contributed by atoms with Gasteiger partial charge in [-0.05, 0) is 60.1 Å². The van der Waals surface area contributed by atoms with Crippen molar-refractivity contribution in [3.8, 4) is 34.5 Å². The summed E-state index contributed by atoms with van der Waals surface area (Å²) in [5.41, 5.74) is 1.44. The largest absolute Gasteiger partial charge is 0.502 e. The molecular weight excluding hydrogens is 516 g/mol. The van der Waals surface area contributed by atoms with Crippen molar-refractivity contribution in [2.24, 2.45) is 11.8 Å². The molecule has 0 saturated carbocycles. The molecule has 1 aliphatic rings. The van der Waals surface area contributed by atoms with Gasteiger partial charge >= 0.3 is 0 Å². The second-order valence-corrected chi connectivity index (χ2v) is 9.39. The third-order valence-corrected chi connectivity index (χ3v) is 6.90. The van der Waals surface area contributed by atoms with Crippen LogP contribution in [0, 0.1) is 11.8 Å². The Morgan fingerprint density at radius 2 is 1.18 bits per heavy atom. The number of aromatic hydroxyl groups is 2. The van der Waals surface area contributed by atoms with Crippen molar-refractivity contribution in [3.05, 3.63) is 35.4 Å². The van der Waals surface area contributed by atoms with E-state index in [1.807, 2.05) is 0 Å². The van der Waals surface area contributed by atoms with Gasteiger partial charge in [0.05, 0.1) is 41.7 Å². The lowest BCUT2D eigenvalue weighted by Gasteiger charge is -2.36. The van der Waals surface area contributed by atoms with Crippen LogP contribution in [0.15, 0.2) is 24.3 Å². The monoisotopic (exact) mass is 554 g/mol. The average Bonchev–Trinajstić information content (AvgIpc) is 2.94. The van der Waals surface area contributed by atoms with E-state index < -0.39 is 30.5 Å². The third kappa shape index (κ3) is 7.15. The Balaban J connectivity index is 1.91. The SMILES string of the molecule is COc1cc(CC(CO)C(COC2OCC(O)C(O)C2O)Cc2cc(OC)c(O)c(OC)c2)cc(OC)c1O. The predicted octanol–water partition coefficient (Wildman–Crippen LogP) is 0.598. The maximum atomic E-state index is 10.4. The van der Waals surface area contributed by atoms with Crippen molar-refractivity contribution < 1.29 is 59.1 Å². The molecular formula is C27H38O12. The number of benzene rings is 2. The fourth-order valence-corrected chi connectivity index (χ4v) is 4.62. The first-order chi connectivity index (χ1) is 18.7. The van der Waals surface area contributed by atoms with Gasteiger partial charge in [0.25, 0.3) is 0 Å². The summed E-state index contributed by atoms with van der Waals surface area (Å²) < 4.78 is 32.3. The van der Waals surface area contributed by atoms with Gasteiger partial charge in [0.2, 0.25) is 11.5 Å². The molecule has 6 N–H and O–H groups in total. The normalized spacial score (nSPS) is 22.7. The molecule has 1 saturated heterocycles. The molecule has 218 valence electrons. The van der Waals surface area contributed by atoms with Gasteiger partial charge in [0.15, 0.2) is 29.3 Å². The molecule has 12 heteroatoms. The van der Waals surface area contributed by atoms with Gasteiger partial charge in [-0.1, -0.05) is 0 Å². The summed E-state index contributed by atoms with van der Waals surface area (Å²) in [6.07, 6.45) is -4.67. The first-order valence-electron chi connectivity index (χ1n) is 12.4. The van der Waals surface area contributed by atoms with Crippen molar-refractivity contribution in [1.29, 1.82) is 0 Å². The number of methoxy groups -OCH3 is 4. The van der Waals surface area contributed by atoms with Crippen LogP contribution in [-0.4, -0.2) is 104 Å². The molecule has 2 aromatic rings. The van der Waals surface area contributed by atoms with Crippen LogP contribution in [0.4, 0.5) is 0 Å². The number of rotatable bonds is 13. The van der Waals surface area contributed by atoms with Crippen molar-refractivity contribution in [2.75, 3.05) is 48.3 Å². The lowest BCUT2D eigenvalue weighted by Crippen LogP contribution is -2.54. The molecule has 1 heterocycles. The van der Waals surface area contributed by atoms with Gasteiger partial charge in [-0.15, -0.1) is 0 Å². The summed E-state index contributed by atoms with van der Waals surface area (Å²) in [6.45, 7) is -0.467. The minimum atomic E-state index is -1.47. The number of ether oxygens (including phenoxy) is 6. The highest BCUT2D eigenvalue weighted by Gasteiger charge is 2.39. The van der Waals surface area contributed by atoms with Gasteiger partial charge in [-0.2, -0.15) is 0 Å². The Bertz CT molecular complexity index is 1030. The Morgan fingerprint density at radius 1 is 0.744 bits per heavy atom. The molecule has 39 heavy (non-hydrogen) atoms. The summed E-state index contributed by atoms with van der Waals surface area (Å²) in [4.78, 5) is 0. The van der Waals surface area contributed by atoms with Crippen LogP contribution in [0.1, 0.15) is 11.1 Å². The van der Waals surface area contributed by atoms with E-state index in [-0.39, 0.29) is 60.2 Å². The molecule has 1 aliphatic heterocycles. The van der Waals surface area contributed by atoms with Crippen LogP contribution >= 0.6 is 0 Å². The summed E-state index contributed by atoms with van der Waals surface area (Å²) in [5, 5.41) is 61.2. The van der Waals surface area contributed by atoms with E-state index in [2.05, 4.69) is 0 Å². The van der Waals surface area contributed by atoms with Crippen LogP contribution < -0.4 is 18.9 Å². The molecule has 0 aromatic heterocycles. The van der Waals surface area contributed by atoms with Crippen LogP contribution in [0.5, 0.6) is 34.5 Å². The molecule has 2 aromatic carbocycles. The molecule has 0 spiro atoms. The van der Waals surface area contributed by atoms with E-state index in [0.717, 1.165) is 11.1 Å². The number of aliphatic hydroxyl groups is 4. The Hall–Kier alpha value is -3.00. The Morgan fingerprint density at radius 3 is 1.59 bits per heavy atom. The van der Waals surface area contributed by atoms with E-state index in [0.29, 0.717) is 12.8 Å². The second-order valence-electron chi connectivity index (χ2n) is 9.39. The van der Waals surface area contributed by atoms with Crippen LogP contribution in [-0.2, 0) is 22.3 Å². The maximum Gasteiger partial charge on any atom is 0.200 e. The highest BCUT2D eigenvalue weighted by molar-refractivity contribution is 5.53. The standard InChI is InChI=1S/C27H38O12/c1-34-19-7-14(8-20(35-2)24(19)31)5-16(11-28)17(12-38-27-26(33)23(30)18(29)13-39-27)6-15-9-21(36-3)25(32)22(10-15)37-4/h7-10,16-18,23,26-33H,5-6,11-13H2,1-4H3. The fraction of sp³-hybridized carbons (Fsp3) is 0.556. The molecule has 6 unspecified atom stereocenters. The van der Waals surface area contributed by atoms with Crippen molar-refractivity contribution in [1.82, 2.24) is 0 Å². The molecule has 6 atom stereocenters.